The molecule has 0 fully saturated rings. The van der Waals surface area contributed by atoms with Crippen molar-refractivity contribution in [2.45, 2.75) is 19.2 Å². The molecule has 7 nitrogen and oxygen atoms in total. The summed E-state index contributed by atoms with van der Waals surface area (Å²) in [6.07, 6.45) is 1.78. The minimum Gasteiger partial charge on any atom is -0.478 e. The highest BCUT2D eigenvalue weighted by molar-refractivity contribution is 5.87. The predicted molar refractivity (Wildman–Crippen MR) is 91.3 cm³/mol. The van der Waals surface area contributed by atoms with Crippen LogP contribution in [0.15, 0.2) is 42.6 Å². The Kier molecular flexibility index (Phi) is 4.17. The van der Waals surface area contributed by atoms with Crippen LogP contribution in [0.3, 0.4) is 0 Å². The number of carboxylic acid groups (broad SMARTS) is 1. The lowest BCUT2D eigenvalue weighted by Gasteiger charge is -2.26. The number of aromatic nitrogens is 3. The molecule has 2 aromatic heterocycles. The highest BCUT2D eigenvalue weighted by atomic mass is 16.5. The second kappa shape index (κ2) is 6.62. The number of imidazole rings is 1. The summed E-state index contributed by atoms with van der Waals surface area (Å²) in [7, 11) is 0. The topological polar surface area (TPSA) is 89.3 Å². The number of hydrogen-bond donors (Lipinski definition) is 2. The fourth-order valence-corrected chi connectivity index (χ4v) is 3.12. The van der Waals surface area contributed by atoms with Crippen LogP contribution in [-0.2, 0) is 17.9 Å². The second-order valence-corrected chi connectivity index (χ2v) is 6.05. The Morgan fingerprint density at radius 3 is 2.96 bits per heavy atom. The van der Waals surface area contributed by atoms with Gasteiger partial charge in [-0.25, -0.2) is 14.8 Å². The standard InChI is InChI=1S/C18H18N4O3/c23-18(24)13-5-3-12(4-6-13)8-19-9-14-10-25-11-16-21-15-2-1-7-20-17(15)22(14)16/h1-7,14,19H,8-11H2,(H,23,24). The molecule has 0 radical (unpaired) electrons. The summed E-state index contributed by atoms with van der Waals surface area (Å²) in [5.41, 5.74) is 3.11. The van der Waals surface area contributed by atoms with Crippen molar-refractivity contribution in [1.29, 1.82) is 0 Å². The predicted octanol–water partition coefficient (Wildman–Crippen LogP) is 1.99. The molecule has 1 aromatic carbocycles. The first-order chi connectivity index (χ1) is 12.2. The van der Waals surface area contributed by atoms with Crippen LogP contribution in [0.2, 0.25) is 0 Å². The van der Waals surface area contributed by atoms with Crippen molar-refractivity contribution in [3.8, 4) is 0 Å². The molecule has 128 valence electrons. The molecule has 2 N–H and O–H groups in total. The molecule has 0 bridgehead atoms. The van der Waals surface area contributed by atoms with E-state index in [0.29, 0.717) is 25.3 Å². The van der Waals surface area contributed by atoms with E-state index < -0.39 is 5.97 Å². The highest BCUT2D eigenvalue weighted by Gasteiger charge is 2.24. The van der Waals surface area contributed by atoms with Crippen LogP contribution >= 0.6 is 0 Å². The van der Waals surface area contributed by atoms with E-state index in [9.17, 15) is 4.79 Å². The zero-order valence-corrected chi connectivity index (χ0v) is 13.6. The summed E-state index contributed by atoms with van der Waals surface area (Å²) in [5.74, 6) is -0.0107. The summed E-state index contributed by atoms with van der Waals surface area (Å²) in [6.45, 7) is 2.49. The molecule has 1 aliphatic heterocycles. The van der Waals surface area contributed by atoms with Gasteiger partial charge in [-0.15, -0.1) is 0 Å². The van der Waals surface area contributed by atoms with Crippen molar-refractivity contribution in [3.05, 3.63) is 59.5 Å². The van der Waals surface area contributed by atoms with E-state index in [1.54, 1.807) is 18.3 Å². The van der Waals surface area contributed by atoms with E-state index in [-0.39, 0.29) is 6.04 Å². The van der Waals surface area contributed by atoms with Crippen LogP contribution in [0.5, 0.6) is 0 Å². The van der Waals surface area contributed by atoms with Crippen LogP contribution in [0.1, 0.15) is 27.8 Å². The molecule has 1 unspecified atom stereocenters. The van der Waals surface area contributed by atoms with Gasteiger partial charge in [0.15, 0.2) is 5.65 Å². The van der Waals surface area contributed by atoms with E-state index >= 15 is 0 Å². The third-order valence-corrected chi connectivity index (χ3v) is 4.34. The maximum atomic E-state index is 10.9. The molecule has 7 heteroatoms. The molecule has 3 aromatic rings. The van der Waals surface area contributed by atoms with E-state index in [0.717, 1.165) is 29.1 Å². The molecule has 0 amide bonds. The van der Waals surface area contributed by atoms with Gasteiger partial charge in [-0.3, -0.25) is 0 Å². The van der Waals surface area contributed by atoms with Gasteiger partial charge in [0.05, 0.1) is 18.2 Å². The van der Waals surface area contributed by atoms with Crippen molar-refractivity contribution in [1.82, 2.24) is 19.9 Å². The molecule has 0 spiro atoms. The average Bonchev–Trinajstić information content (AvgIpc) is 3.01. The van der Waals surface area contributed by atoms with Gasteiger partial charge in [-0.05, 0) is 29.8 Å². The normalized spacial score (nSPS) is 16.7. The smallest absolute Gasteiger partial charge is 0.335 e. The van der Waals surface area contributed by atoms with E-state index in [4.69, 9.17) is 9.84 Å². The van der Waals surface area contributed by atoms with Gasteiger partial charge in [0.25, 0.3) is 0 Å². The molecule has 0 saturated carbocycles. The Hall–Kier alpha value is -2.77. The fourth-order valence-electron chi connectivity index (χ4n) is 3.12. The van der Waals surface area contributed by atoms with Gasteiger partial charge < -0.3 is 19.7 Å². The Morgan fingerprint density at radius 2 is 2.16 bits per heavy atom. The number of carbonyl (C=O) groups is 1. The molecule has 1 atom stereocenters. The number of carboxylic acids is 1. The van der Waals surface area contributed by atoms with E-state index in [1.165, 1.54) is 0 Å². The molecular formula is C18H18N4O3. The summed E-state index contributed by atoms with van der Waals surface area (Å²) in [5, 5.41) is 12.3. The van der Waals surface area contributed by atoms with Gasteiger partial charge in [0.1, 0.15) is 17.9 Å². The Morgan fingerprint density at radius 1 is 1.32 bits per heavy atom. The molecule has 1 aliphatic rings. The lowest BCUT2D eigenvalue weighted by Crippen LogP contribution is -2.32. The number of aromatic carboxylic acids is 1. The van der Waals surface area contributed by atoms with Crippen LogP contribution < -0.4 is 5.32 Å². The average molecular weight is 338 g/mol. The lowest BCUT2D eigenvalue weighted by atomic mass is 10.1. The minimum absolute atomic E-state index is 0.127. The van der Waals surface area contributed by atoms with E-state index in [1.807, 2.05) is 24.3 Å². The van der Waals surface area contributed by atoms with Crippen LogP contribution in [0.4, 0.5) is 0 Å². The second-order valence-electron chi connectivity index (χ2n) is 6.05. The first kappa shape index (κ1) is 15.7. The number of hydrogen-bond acceptors (Lipinski definition) is 5. The highest BCUT2D eigenvalue weighted by Crippen LogP contribution is 2.24. The molecule has 0 saturated heterocycles. The van der Waals surface area contributed by atoms with Crippen molar-refractivity contribution < 1.29 is 14.6 Å². The van der Waals surface area contributed by atoms with Gasteiger partial charge in [0.2, 0.25) is 0 Å². The summed E-state index contributed by atoms with van der Waals surface area (Å²) < 4.78 is 7.82. The quantitative estimate of drug-likeness (QED) is 0.739. The first-order valence-corrected chi connectivity index (χ1v) is 8.15. The lowest BCUT2D eigenvalue weighted by molar-refractivity contribution is 0.0561. The van der Waals surface area contributed by atoms with Crippen molar-refractivity contribution in [2.75, 3.05) is 13.2 Å². The summed E-state index contributed by atoms with van der Waals surface area (Å²) in [6, 6.07) is 10.9. The van der Waals surface area contributed by atoms with Gasteiger partial charge in [-0.2, -0.15) is 0 Å². The van der Waals surface area contributed by atoms with E-state index in [2.05, 4.69) is 19.9 Å². The first-order valence-electron chi connectivity index (χ1n) is 8.15. The Balaban J connectivity index is 1.45. The Bertz CT molecular complexity index is 904. The number of fused-ring (bicyclic) bond motifs is 3. The number of benzene rings is 1. The molecule has 0 aliphatic carbocycles. The zero-order chi connectivity index (χ0) is 17.2. The third kappa shape index (κ3) is 3.11. The monoisotopic (exact) mass is 338 g/mol. The number of nitrogens with one attached hydrogen (secondary N) is 1. The van der Waals surface area contributed by atoms with Crippen LogP contribution in [0.25, 0.3) is 11.2 Å². The van der Waals surface area contributed by atoms with Gasteiger partial charge in [0, 0.05) is 19.3 Å². The number of pyridine rings is 1. The number of nitrogens with zero attached hydrogens (tertiary/aromatic N) is 3. The third-order valence-electron chi connectivity index (χ3n) is 4.34. The SMILES string of the molecule is O=C(O)c1ccc(CNCC2COCc3nc4cccnc4n32)cc1. The van der Waals surface area contributed by atoms with Gasteiger partial charge >= 0.3 is 5.97 Å². The largest absolute Gasteiger partial charge is 0.478 e. The van der Waals surface area contributed by atoms with Crippen molar-refractivity contribution in [3.63, 3.8) is 0 Å². The maximum Gasteiger partial charge on any atom is 0.335 e. The molecule has 3 heterocycles. The van der Waals surface area contributed by atoms with Crippen LogP contribution in [0, 0.1) is 0 Å². The van der Waals surface area contributed by atoms with Crippen molar-refractivity contribution in [2.24, 2.45) is 0 Å². The minimum atomic E-state index is -0.911. The Labute approximate surface area is 144 Å². The molecule has 4 rings (SSSR count). The number of rotatable bonds is 5. The van der Waals surface area contributed by atoms with Crippen LogP contribution in [-0.4, -0.2) is 38.8 Å². The van der Waals surface area contributed by atoms with Crippen molar-refractivity contribution >= 4 is 17.1 Å². The number of ether oxygens (including phenoxy) is 1. The summed E-state index contributed by atoms with van der Waals surface area (Å²) >= 11 is 0. The maximum absolute atomic E-state index is 10.9. The molecular weight excluding hydrogens is 320 g/mol. The summed E-state index contributed by atoms with van der Waals surface area (Å²) in [4.78, 5) is 19.9. The fraction of sp³-hybridized carbons (Fsp3) is 0.278. The van der Waals surface area contributed by atoms with Gasteiger partial charge in [-0.1, -0.05) is 12.1 Å². The molecule has 25 heavy (non-hydrogen) atoms. The zero-order valence-electron chi connectivity index (χ0n) is 13.6.